The first kappa shape index (κ1) is 8.71. The quantitative estimate of drug-likeness (QED) is 0.675. The van der Waals surface area contributed by atoms with Crippen molar-refractivity contribution >= 4 is 11.5 Å². The highest BCUT2D eigenvalue weighted by atomic mass is 16.1. The molecule has 64 valence electrons. The van der Waals surface area contributed by atoms with Crippen molar-refractivity contribution in [3.05, 3.63) is 23.5 Å². The highest BCUT2D eigenvalue weighted by molar-refractivity contribution is 5.94. The van der Waals surface area contributed by atoms with Crippen LogP contribution < -0.4 is 5.73 Å². The highest BCUT2D eigenvalue weighted by Gasteiger charge is 2.05. The van der Waals surface area contributed by atoms with Gasteiger partial charge in [-0.2, -0.15) is 0 Å². The van der Waals surface area contributed by atoms with Crippen LogP contribution in [0.4, 0.5) is 5.69 Å². The first-order valence-corrected chi connectivity index (χ1v) is 3.90. The van der Waals surface area contributed by atoms with Crippen LogP contribution in [0.2, 0.25) is 0 Å². The van der Waals surface area contributed by atoms with Gasteiger partial charge in [-0.05, 0) is 18.6 Å². The number of carbonyl (C=O) groups excluding carboxylic acids is 1. The van der Waals surface area contributed by atoms with E-state index in [1.165, 1.54) is 6.20 Å². The molecule has 3 nitrogen and oxygen atoms in total. The lowest BCUT2D eigenvalue weighted by Crippen LogP contribution is -2.02. The van der Waals surface area contributed by atoms with Crippen molar-refractivity contribution in [1.29, 1.82) is 0 Å². The molecule has 1 aromatic rings. The van der Waals surface area contributed by atoms with Crippen LogP contribution in [0.5, 0.6) is 0 Å². The molecule has 0 bridgehead atoms. The molecular weight excluding hydrogens is 152 g/mol. The summed E-state index contributed by atoms with van der Waals surface area (Å²) in [5, 5.41) is 0. The third kappa shape index (κ3) is 1.61. The molecule has 2 N–H and O–H groups in total. The molecule has 0 unspecified atom stereocenters. The SMILES string of the molecule is CCC(=O)c1cc(C)c(N)cn1. The van der Waals surface area contributed by atoms with Crippen LogP contribution in [0.25, 0.3) is 0 Å². The number of Topliss-reactive ketones (excluding diaryl/α,β-unsaturated/α-hetero) is 1. The van der Waals surface area contributed by atoms with Crippen molar-refractivity contribution in [2.24, 2.45) is 0 Å². The summed E-state index contributed by atoms with van der Waals surface area (Å²) in [5.41, 5.74) is 7.59. The molecule has 0 aliphatic rings. The van der Waals surface area contributed by atoms with E-state index in [0.29, 0.717) is 17.8 Å². The minimum Gasteiger partial charge on any atom is -0.397 e. The third-order valence-corrected chi connectivity index (χ3v) is 1.76. The lowest BCUT2D eigenvalue weighted by Gasteiger charge is -2.01. The van der Waals surface area contributed by atoms with Crippen molar-refractivity contribution in [3.63, 3.8) is 0 Å². The summed E-state index contributed by atoms with van der Waals surface area (Å²) in [5.74, 6) is 0.0538. The maximum Gasteiger partial charge on any atom is 0.180 e. The molecule has 0 spiro atoms. The predicted octanol–water partition coefficient (Wildman–Crippen LogP) is 1.56. The normalized spacial score (nSPS) is 9.83. The zero-order valence-electron chi connectivity index (χ0n) is 7.29. The molecule has 0 aliphatic heterocycles. The summed E-state index contributed by atoms with van der Waals surface area (Å²) in [6.45, 7) is 3.68. The molecule has 0 atom stereocenters. The van der Waals surface area contributed by atoms with E-state index in [2.05, 4.69) is 4.98 Å². The van der Waals surface area contributed by atoms with Crippen molar-refractivity contribution in [3.8, 4) is 0 Å². The van der Waals surface area contributed by atoms with Gasteiger partial charge in [0.25, 0.3) is 0 Å². The molecule has 12 heavy (non-hydrogen) atoms. The zero-order chi connectivity index (χ0) is 9.14. The molecule has 0 saturated heterocycles. The molecule has 0 fully saturated rings. The van der Waals surface area contributed by atoms with Crippen molar-refractivity contribution in [2.75, 3.05) is 5.73 Å². The highest BCUT2D eigenvalue weighted by Crippen LogP contribution is 2.10. The second-order valence-electron chi connectivity index (χ2n) is 2.70. The molecule has 3 heteroatoms. The molecule has 0 aliphatic carbocycles. The minimum atomic E-state index is 0.0538. The molecular formula is C9H12N2O. The lowest BCUT2D eigenvalue weighted by molar-refractivity contribution is 0.0983. The first-order valence-electron chi connectivity index (χ1n) is 3.90. The van der Waals surface area contributed by atoms with Gasteiger partial charge in [-0.25, -0.2) is 0 Å². The maximum atomic E-state index is 11.2. The van der Waals surface area contributed by atoms with E-state index < -0.39 is 0 Å². The summed E-state index contributed by atoms with van der Waals surface area (Å²) in [4.78, 5) is 15.1. The van der Waals surface area contributed by atoms with Crippen LogP contribution in [-0.4, -0.2) is 10.8 Å². The van der Waals surface area contributed by atoms with E-state index in [0.717, 1.165) is 5.56 Å². The monoisotopic (exact) mass is 164 g/mol. The number of anilines is 1. The summed E-state index contributed by atoms with van der Waals surface area (Å²) in [7, 11) is 0. The summed E-state index contributed by atoms with van der Waals surface area (Å²) in [6.07, 6.45) is 2.01. The van der Waals surface area contributed by atoms with Gasteiger partial charge in [-0.1, -0.05) is 6.92 Å². The number of carbonyl (C=O) groups is 1. The largest absolute Gasteiger partial charge is 0.397 e. The minimum absolute atomic E-state index is 0.0538. The molecule has 0 aromatic carbocycles. The molecule has 1 aromatic heterocycles. The Morgan fingerprint density at radius 1 is 1.67 bits per heavy atom. The van der Waals surface area contributed by atoms with E-state index in [4.69, 9.17) is 5.73 Å². The van der Waals surface area contributed by atoms with E-state index in [1.54, 1.807) is 6.07 Å². The van der Waals surface area contributed by atoms with Crippen molar-refractivity contribution in [2.45, 2.75) is 20.3 Å². The van der Waals surface area contributed by atoms with Crippen LogP contribution in [0, 0.1) is 6.92 Å². The fourth-order valence-electron chi connectivity index (χ4n) is 0.900. The van der Waals surface area contributed by atoms with E-state index in [1.807, 2.05) is 13.8 Å². The number of hydrogen-bond acceptors (Lipinski definition) is 3. The van der Waals surface area contributed by atoms with E-state index in [-0.39, 0.29) is 5.78 Å². The Morgan fingerprint density at radius 3 is 2.83 bits per heavy atom. The number of aromatic nitrogens is 1. The summed E-state index contributed by atoms with van der Waals surface area (Å²) in [6, 6.07) is 1.72. The number of ketones is 1. The van der Waals surface area contributed by atoms with Crippen molar-refractivity contribution < 1.29 is 4.79 Å². The standard InChI is InChI=1S/C9H12N2O/c1-3-9(12)8-4-6(2)7(10)5-11-8/h4-5H,3,10H2,1-2H3. The van der Waals surface area contributed by atoms with Crippen LogP contribution in [0.3, 0.4) is 0 Å². The Balaban J connectivity index is 3.05. The van der Waals surface area contributed by atoms with Crippen molar-refractivity contribution in [1.82, 2.24) is 4.98 Å². The number of hydrogen-bond donors (Lipinski definition) is 1. The maximum absolute atomic E-state index is 11.2. The van der Waals surface area contributed by atoms with Gasteiger partial charge in [0, 0.05) is 6.42 Å². The second kappa shape index (κ2) is 3.34. The number of nitrogens with two attached hydrogens (primary N) is 1. The van der Waals surface area contributed by atoms with Crippen LogP contribution in [0.15, 0.2) is 12.3 Å². The summed E-state index contributed by atoms with van der Waals surface area (Å²) >= 11 is 0. The predicted molar refractivity (Wildman–Crippen MR) is 48.0 cm³/mol. The average Bonchev–Trinajstić information content (AvgIpc) is 2.08. The van der Waals surface area contributed by atoms with Gasteiger partial charge in [0.05, 0.1) is 11.9 Å². The smallest absolute Gasteiger partial charge is 0.180 e. The Labute approximate surface area is 71.6 Å². The Kier molecular flexibility index (Phi) is 2.43. The Bertz CT molecular complexity index is 307. The van der Waals surface area contributed by atoms with Gasteiger partial charge in [0.2, 0.25) is 0 Å². The third-order valence-electron chi connectivity index (χ3n) is 1.76. The number of nitrogen functional groups attached to an aromatic ring is 1. The summed E-state index contributed by atoms with van der Waals surface area (Å²) < 4.78 is 0. The molecule has 1 heterocycles. The first-order chi connectivity index (χ1) is 5.65. The Morgan fingerprint density at radius 2 is 2.33 bits per heavy atom. The van der Waals surface area contributed by atoms with Gasteiger partial charge in [-0.15, -0.1) is 0 Å². The number of pyridine rings is 1. The fourth-order valence-corrected chi connectivity index (χ4v) is 0.900. The molecule has 1 rings (SSSR count). The van der Waals surface area contributed by atoms with E-state index >= 15 is 0 Å². The average molecular weight is 164 g/mol. The van der Waals surface area contributed by atoms with Crippen LogP contribution in [0.1, 0.15) is 29.4 Å². The molecule has 0 saturated carbocycles. The van der Waals surface area contributed by atoms with Crippen LogP contribution >= 0.6 is 0 Å². The van der Waals surface area contributed by atoms with Gasteiger partial charge in [0.15, 0.2) is 5.78 Å². The Hall–Kier alpha value is -1.38. The number of aryl methyl sites for hydroxylation is 1. The van der Waals surface area contributed by atoms with Gasteiger partial charge >= 0.3 is 0 Å². The topological polar surface area (TPSA) is 56.0 Å². The second-order valence-corrected chi connectivity index (χ2v) is 2.70. The van der Waals surface area contributed by atoms with E-state index in [9.17, 15) is 4.79 Å². The molecule has 0 radical (unpaired) electrons. The van der Waals surface area contributed by atoms with Gasteiger partial charge < -0.3 is 5.73 Å². The number of rotatable bonds is 2. The van der Waals surface area contributed by atoms with Gasteiger partial charge in [0.1, 0.15) is 5.69 Å². The van der Waals surface area contributed by atoms with Crippen LogP contribution in [-0.2, 0) is 0 Å². The zero-order valence-corrected chi connectivity index (χ0v) is 7.29. The van der Waals surface area contributed by atoms with Gasteiger partial charge in [-0.3, -0.25) is 9.78 Å². The number of nitrogens with zero attached hydrogens (tertiary/aromatic N) is 1. The lowest BCUT2D eigenvalue weighted by atomic mass is 10.1. The fraction of sp³-hybridized carbons (Fsp3) is 0.333. The molecule has 0 amide bonds.